The SMILES string of the molecule is CC(=O)/C=C/c1ccccc1NC1C[C@H]2CCC[C@@H](C1)N2C1C[C@H]2CCC[C@@H](C1)C2. The number of para-hydroxylation sites is 1. The lowest BCUT2D eigenvalue weighted by atomic mass is 9.68. The van der Waals surface area contributed by atoms with Gasteiger partial charge in [-0.3, -0.25) is 9.69 Å². The molecule has 5 rings (SSSR count). The first kappa shape index (κ1) is 20.3. The van der Waals surface area contributed by atoms with Gasteiger partial charge in [-0.1, -0.05) is 43.9 Å². The number of anilines is 1. The molecule has 162 valence electrons. The Morgan fingerprint density at radius 3 is 2.27 bits per heavy atom. The maximum absolute atomic E-state index is 11.4. The van der Waals surface area contributed by atoms with E-state index in [4.69, 9.17) is 0 Å². The highest BCUT2D eigenvalue weighted by atomic mass is 16.1. The fraction of sp³-hybridized carbons (Fsp3) is 0.667. The van der Waals surface area contributed by atoms with Crippen molar-refractivity contribution in [2.24, 2.45) is 11.8 Å². The molecule has 1 aromatic carbocycles. The van der Waals surface area contributed by atoms with E-state index in [0.717, 1.165) is 35.5 Å². The smallest absolute Gasteiger partial charge is 0.152 e. The standard InChI is InChI=1S/C27H38N2O/c1-19(30)12-13-22-8-2-3-11-27(22)28-23-17-24-9-5-10-25(18-23)29(24)26-15-20-6-4-7-21(14-20)16-26/h2-3,8,11-13,20-21,23-26,28H,4-7,9-10,14-18H2,1H3/b13-12+/t20-,21+,23?,24-,25+,26?. The van der Waals surface area contributed by atoms with Gasteiger partial charge in [0.05, 0.1) is 0 Å². The van der Waals surface area contributed by atoms with Crippen LogP contribution in [0.4, 0.5) is 5.69 Å². The van der Waals surface area contributed by atoms with E-state index in [-0.39, 0.29) is 5.78 Å². The quantitative estimate of drug-likeness (QED) is 0.604. The predicted octanol–water partition coefficient (Wildman–Crippen LogP) is 6.06. The molecule has 2 aliphatic heterocycles. The molecule has 3 nitrogen and oxygen atoms in total. The highest BCUT2D eigenvalue weighted by Gasteiger charge is 2.44. The average Bonchev–Trinajstić information content (AvgIpc) is 2.72. The van der Waals surface area contributed by atoms with Crippen LogP contribution < -0.4 is 5.32 Å². The van der Waals surface area contributed by atoms with Crippen molar-refractivity contribution in [1.82, 2.24) is 4.90 Å². The number of piperidine rings is 2. The maximum Gasteiger partial charge on any atom is 0.152 e. The van der Waals surface area contributed by atoms with E-state index < -0.39 is 0 Å². The number of carbonyl (C=O) groups excluding carboxylic acids is 1. The van der Waals surface area contributed by atoms with Gasteiger partial charge in [-0.2, -0.15) is 0 Å². The lowest BCUT2D eigenvalue weighted by molar-refractivity contribution is -0.112. The molecule has 1 N–H and O–H groups in total. The van der Waals surface area contributed by atoms with Crippen molar-refractivity contribution in [3.8, 4) is 0 Å². The zero-order valence-electron chi connectivity index (χ0n) is 18.6. The van der Waals surface area contributed by atoms with E-state index in [1.807, 2.05) is 6.08 Å². The Hall–Kier alpha value is -1.61. The summed E-state index contributed by atoms with van der Waals surface area (Å²) in [4.78, 5) is 14.4. The molecule has 0 amide bonds. The Morgan fingerprint density at radius 2 is 1.57 bits per heavy atom. The summed E-state index contributed by atoms with van der Waals surface area (Å²) >= 11 is 0. The Bertz CT molecular complexity index is 761. The number of allylic oxidation sites excluding steroid dienone is 1. The van der Waals surface area contributed by atoms with Crippen molar-refractivity contribution in [3.05, 3.63) is 35.9 Å². The van der Waals surface area contributed by atoms with Gasteiger partial charge in [0.15, 0.2) is 5.78 Å². The molecule has 30 heavy (non-hydrogen) atoms. The van der Waals surface area contributed by atoms with Gasteiger partial charge in [-0.15, -0.1) is 0 Å². The third-order valence-electron chi connectivity index (χ3n) is 8.37. The summed E-state index contributed by atoms with van der Waals surface area (Å²) in [6.07, 6.45) is 19.3. The van der Waals surface area contributed by atoms with E-state index >= 15 is 0 Å². The Morgan fingerprint density at radius 1 is 0.900 bits per heavy atom. The Labute approximate surface area is 182 Å². The lowest BCUT2D eigenvalue weighted by Crippen LogP contribution is -2.60. The summed E-state index contributed by atoms with van der Waals surface area (Å²) in [7, 11) is 0. The first-order valence-electron chi connectivity index (χ1n) is 12.5. The Kier molecular flexibility index (Phi) is 6.00. The number of hydrogen-bond acceptors (Lipinski definition) is 3. The fourth-order valence-electron chi connectivity index (χ4n) is 7.27. The van der Waals surface area contributed by atoms with E-state index in [0.29, 0.717) is 6.04 Å². The summed E-state index contributed by atoms with van der Waals surface area (Å²) in [5.74, 6) is 2.13. The van der Waals surface area contributed by atoms with Gasteiger partial charge in [0, 0.05) is 29.9 Å². The molecule has 0 aromatic heterocycles. The zero-order valence-corrected chi connectivity index (χ0v) is 18.6. The summed E-state index contributed by atoms with van der Waals surface area (Å²) in [5, 5.41) is 3.88. The third kappa shape index (κ3) is 4.37. The van der Waals surface area contributed by atoms with Crippen LogP contribution in [0.1, 0.15) is 83.1 Å². The van der Waals surface area contributed by atoms with Crippen LogP contribution >= 0.6 is 0 Å². The predicted molar refractivity (Wildman–Crippen MR) is 125 cm³/mol. The van der Waals surface area contributed by atoms with E-state index in [2.05, 4.69) is 34.5 Å². The number of hydrogen-bond donors (Lipinski definition) is 1. The minimum Gasteiger partial charge on any atom is -0.382 e. The van der Waals surface area contributed by atoms with Crippen molar-refractivity contribution in [2.45, 2.75) is 102 Å². The monoisotopic (exact) mass is 406 g/mol. The highest BCUT2D eigenvalue weighted by molar-refractivity contribution is 5.92. The van der Waals surface area contributed by atoms with Crippen LogP contribution in [0.25, 0.3) is 6.08 Å². The van der Waals surface area contributed by atoms with Crippen LogP contribution in [0.2, 0.25) is 0 Å². The van der Waals surface area contributed by atoms with Crippen LogP contribution in [-0.4, -0.2) is 34.9 Å². The number of nitrogens with one attached hydrogen (secondary N) is 1. The molecular weight excluding hydrogens is 368 g/mol. The molecule has 4 bridgehead atoms. The second-order valence-corrected chi connectivity index (χ2v) is 10.6. The fourth-order valence-corrected chi connectivity index (χ4v) is 7.27. The maximum atomic E-state index is 11.4. The van der Waals surface area contributed by atoms with Crippen LogP contribution in [0.3, 0.4) is 0 Å². The minimum absolute atomic E-state index is 0.102. The molecule has 2 unspecified atom stereocenters. The van der Waals surface area contributed by atoms with Crippen molar-refractivity contribution in [2.75, 3.05) is 5.32 Å². The summed E-state index contributed by atoms with van der Waals surface area (Å²) in [6.45, 7) is 1.61. The van der Waals surface area contributed by atoms with Crippen molar-refractivity contribution in [3.63, 3.8) is 0 Å². The number of fused-ring (bicyclic) bond motifs is 4. The molecule has 3 heteroatoms. The van der Waals surface area contributed by atoms with Crippen molar-refractivity contribution >= 4 is 17.5 Å². The van der Waals surface area contributed by atoms with Crippen LogP contribution in [0.15, 0.2) is 30.3 Å². The van der Waals surface area contributed by atoms with Crippen LogP contribution in [0, 0.1) is 11.8 Å². The molecule has 1 aromatic rings. The molecule has 2 saturated heterocycles. The van der Waals surface area contributed by atoms with E-state index in [1.54, 1.807) is 13.0 Å². The number of benzene rings is 1. The second kappa shape index (κ2) is 8.86. The number of ketones is 1. The van der Waals surface area contributed by atoms with E-state index in [1.165, 1.54) is 76.3 Å². The molecule has 2 aliphatic carbocycles. The van der Waals surface area contributed by atoms with Gasteiger partial charge in [0.25, 0.3) is 0 Å². The third-order valence-corrected chi connectivity index (χ3v) is 8.37. The topological polar surface area (TPSA) is 32.3 Å². The zero-order chi connectivity index (χ0) is 20.5. The summed E-state index contributed by atoms with van der Waals surface area (Å²) < 4.78 is 0. The Balaban J connectivity index is 1.28. The largest absolute Gasteiger partial charge is 0.382 e. The van der Waals surface area contributed by atoms with Gasteiger partial charge in [-0.25, -0.2) is 0 Å². The van der Waals surface area contributed by atoms with Crippen LogP contribution in [-0.2, 0) is 4.79 Å². The molecule has 2 heterocycles. The molecule has 0 radical (unpaired) electrons. The molecule has 4 aliphatic rings. The highest BCUT2D eigenvalue weighted by Crippen LogP contribution is 2.46. The van der Waals surface area contributed by atoms with Gasteiger partial charge < -0.3 is 5.32 Å². The number of carbonyl (C=O) groups is 1. The molecule has 2 saturated carbocycles. The first-order valence-corrected chi connectivity index (χ1v) is 12.5. The number of rotatable bonds is 5. The molecular formula is C27H38N2O. The van der Waals surface area contributed by atoms with Gasteiger partial charge in [0.2, 0.25) is 0 Å². The van der Waals surface area contributed by atoms with Gasteiger partial charge >= 0.3 is 0 Å². The number of nitrogens with zero attached hydrogens (tertiary/aromatic N) is 1. The van der Waals surface area contributed by atoms with Gasteiger partial charge in [-0.05, 0) is 87.5 Å². The van der Waals surface area contributed by atoms with Crippen molar-refractivity contribution in [1.29, 1.82) is 0 Å². The van der Waals surface area contributed by atoms with Crippen molar-refractivity contribution < 1.29 is 4.79 Å². The lowest BCUT2D eigenvalue weighted by Gasteiger charge is -2.55. The molecule has 0 spiro atoms. The van der Waals surface area contributed by atoms with Gasteiger partial charge in [0.1, 0.15) is 0 Å². The molecule has 6 atom stereocenters. The summed E-state index contributed by atoms with van der Waals surface area (Å²) in [6, 6.07) is 11.4. The normalized spacial score (nSPS) is 36.6. The van der Waals surface area contributed by atoms with E-state index in [9.17, 15) is 4.79 Å². The first-order chi connectivity index (χ1) is 14.7. The average molecular weight is 407 g/mol. The second-order valence-electron chi connectivity index (χ2n) is 10.6. The van der Waals surface area contributed by atoms with Crippen LogP contribution in [0.5, 0.6) is 0 Å². The summed E-state index contributed by atoms with van der Waals surface area (Å²) in [5.41, 5.74) is 2.30. The minimum atomic E-state index is 0.102. The molecule has 4 fully saturated rings.